The number of nitriles is 1. The van der Waals surface area contributed by atoms with Crippen LogP contribution >= 0.6 is 58.1 Å². The van der Waals surface area contributed by atoms with Crippen LogP contribution in [0.1, 0.15) is 6.42 Å². The van der Waals surface area contributed by atoms with Crippen molar-refractivity contribution < 1.29 is 0 Å². The van der Waals surface area contributed by atoms with E-state index in [9.17, 15) is 0 Å². The van der Waals surface area contributed by atoms with Crippen molar-refractivity contribution in [1.29, 1.82) is 5.26 Å². The topological polar surface area (TPSA) is 36.7 Å². The second kappa shape index (κ2) is 6.88. The molecule has 0 spiro atoms. The highest BCUT2D eigenvalue weighted by Crippen LogP contribution is 2.36. The third-order valence-corrected chi connectivity index (χ3v) is 5.65. The molecule has 94 valence electrons. The van der Waals surface area contributed by atoms with Crippen LogP contribution in [-0.4, -0.2) is 16.5 Å². The minimum Gasteiger partial charge on any atom is -0.230 e. The lowest BCUT2D eigenvalue weighted by atomic mass is 10.3. The maximum atomic E-state index is 8.40. The van der Waals surface area contributed by atoms with Gasteiger partial charge in [0.2, 0.25) is 0 Å². The molecule has 1 aromatic carbocycles. The van der Waals surface area contributed by atoms with Crippen LogP contribution in [0.25, 0.3) is 10.2 Å². The van der Waals surface area contributed by atoms with E-state index in [2.05, 4.69) is 10.4 Å². The van der Waals surface area contributed by atoms with E-state index >= 15 is 0 Å². The van der Waals surface area contributed by atoms with Gasteiger partial charge in [0.05, 0.1) is 15.2 Å². The van der Waals surface area contributed by atoms with E-state index in [1.165, 1.54) is 11.8 Å². The summed E-state index contributed by atoms with van der Waals surface area (Å²) in [5.41, 5.74) is 0.853. The summed E-state index contributed by atoms with van der Waals surface area (Å²) < 4.78 is 1.98. The monoisotopic (exact) mass is 334 g/mol. The van der Waals surface area contributed by atoms with Gasteiger partial charge in [0, 0.05) is 16.5 Å². The van der Waals surface area contributed by atoms with E-state index in [4.69, 9.17) is 28.5 Å². The number of thiocyanates is 1. The van der Waals surface area contributed by atoms with Crippen molar-refractivity contribution in [1.82, 2.24) is 4.98 Å². The van der Waals surface area contributed by atoms with Gasteiger partial charge in [-0.25, -0.2) is 4.98 Å². The summed E-state index contributed by atoms with van der Waals surface area (Å²) in [4.78, 5) is 4.49. The van der Waals surface area contributed by atoms with E-state index in [-0.39, 0.29) is 0 Å². The average molecular weight is 335 g/mol. The molecule has 0 saturated heterocycles. The molecule has 0 aliphatic rings. The number of nitrogens with zero attached hydrogens (tertiary/aromatic N) is 2. The second-order valence-electron chi connectivity index (χ2n) is 3.36. The van der Waals surface area contributed by atoms with Crippen LogP contribution < -0.4 is 0 Å². The lowest BCUT2D eigenvalue weighted by Crippen LogP contribution is -1.81. The summed E-state index contributed by atoms with van der Waals surface area (Å²) in [6.07, 6.45) is 0.993. The number of hydrogen-bond acceptors (Lipinski definition) is 5. The molecular formula is C11H8Cl2N2S3. The van der Waals surface area contributed by atoms with Crippen LogP contribution in [0.3, 0.4) is 0 Å². The number of fused-ring (bicyclic) bond motifs is 1. The number of thiazole rings is 1. The first kappa shape index (κ1) is 14.3. The van der Waals surface area contributed by atoms with Crippen molar-refractivity contribution in [3.63, 3.8) is 0 Å². The zero-order chi connectivity index (χ0) is 13.0. The molecule has 0 aliphatic carbocycles. The smallest absolute Gasteiger partial charge is 0.151 e. The van der Waals surface area contributed by atoms with Crippen molar-refractivity contribution in [3.05, 3.63) is 22.2 Å². The lowest BCUT2D eigenvalue weighted by Gasteiger charge is -1.93. The third kappa shape index (κ3) is 3.69. The highest BCUT2D eigenvalue weighted by molar-refractivity contribution is 8.03. The van der Waals surface area contributed by atoms with Crippen molar-refractivity contribution in [2.75, 3.05) is 11.5 Å². The molecule has 18 heavy (non-hydrogen) atoms. The molecular weight excluding hydrogens is 327 g/mol. The Labute approximate surface area is 128 Å². The first-order chi connectivity index (χ1) is 8.70. The van der Waals surface area contributed by atoms with Crippen LogP contribution in [0.15, 0.2) is 16.5 Å². The number of benzene rings is 1. The normalized spacial score (nSPS) is 10.7. The molecule has 1 heterocycles. The molecule has 0 bridgehead atoms. The summed E-state index contributed by atoms with van der Waals surface area (Å²) in [5, 5.41) is 11.7. The Kier molecular flexibility index (Phi) is 5.46. The van der Waals surface area contributed by atoms with Crippen molar-refractivity contribution in [3.8, 4) is 5.40 Å². The first-order valence-electron chi connectivity index (χ1n) is 5.10. The summed E-state index contributed by atoms with van der Waals surface area (Å²) >= 11 is 16.6. The lowest BCUT2D eigenvalue weighted by molar-refractivity contribution is 1.12. The largest absolute Gasteiger partial charge is 0.230 e. The van der Waals surface area contributed by atoms with Gasteiger partial charge in [0.1, 0.15) is 5.40 Å². The Morgan fingerprint density at radius 1 is 1.33 bits per heavy atom. The fraction of sp³-hybridized carbons (Fsp3) is 0.273. The van der Waals surface area contributed by atoms with E-state index in [1.807, 2.05) is 6.07 Å². The Morgan fingerprint density at radius 2 is 2.17 bits per heavy atom. The number of aromatic nitrogens is 1. The zero-order valence-electron chi connectivity index (χ0n) is 9.15. The van der Waals surface area contributed by atoms with Gasteiger partial charge < -0.3 is 0 Å². The van der Waals surface area contributed by atoms with Crippen molar-refractivity contribution >= 4 is 68.3 Å². The molecule has 0 radical (unpaired) electrons. The molecule has 1 aromatic heterocycles. The number of halogens is 2. The Morgan fingerprint density at radius 3 is 2.94 bits per heavy atom. The van der Waals surface area contributed by atoms with Gasteiger partial charge in [-0.15, -0.1) is 11.3 Å². The van der Waals surface area contributed by atoms with Crippen LogP contribution in [-0.2, 0) is 0 Å². The van der Waals surface area contributed by atoms with Gasteiger partial charge in [-0.3, -0.25) is 0 Å². The van der Waals surface area contributed by atoms with Gasteiger partial charge in [-0.05, 0) is 30.3 Å². The van der Waals surface area contributed by atoms with E-state index in [1.54, 1.807) is 29.2 Å². The molecule has 2 rings (SSSR count). The van der Waals surface area contributed by atoms with E-state index in [0.717, 1.165) is 32.5 Å². The van der Waals surface area contributed by atoms with Gasteiger partial charge in [0.15, 0.2) is 4.34 Å². The average Bonchev–Trinajstić information content (AvgIpc) is 2.72. The molecule has 0 amide bonds. The first-order valence-corrected chi connectivity index (χ1v) is 8.64. The predicted molar refractivity (Wildman–Crippen MR) is 83.1 cm³/mol. The predicted octanol–water partition coefficient (Wildman–Crippen LogP) is 5.30. The maximum absolute atomic E-state index is 8.40. The van der Waals surface area contributed by atoms with Crippen molar-refractivity contribution in [2.24, 2.45) is 0 Å². The van der Waals surface area contributed by atoms with Gasteiger partial charge in [0.25, 0.3) is 0 Å². The molecule has 2 aromatic rings. The summed E-state index contributed by atoms with van der Waals surface area (Å²) in [6, 6.07) is 3.57. The van der Waals surface area contributed by atoms with Gasteiger partial charge >= 0.3 is 0 Å². The minimum absolute atomic E-state index is 0.611. The van der Waals surface area contributed by atoms with Crippen LogP contribution in [0, 0.1) is 10.7 Å². The Balaban J connectivity index is 2.02. The highest BCUT2D eigenvalue weighted by atomic mass is 35.5. The van der Waals surface area contributed by atoms with E-state index < -0.39 is 0 Å². The fourth-order valence-corrected chi connectivity index (χ4v) is 4.54. The molecule has 7 heteroatoms. The summed E-state index contributed by atoms with van der Waals surface area (Å²) in [5.74, 6) is 1.82. The minimum atomic E-state index is 0.611. The number of thioether (sulfide) groups is 2. The Bertz CT molecular complexity index is 592. The van der Waals surface area contributed by atoms with Crippen LogP contribution in [0.4, 0.5) is 0 Å². The fourth-order valence-electron chi connectivity index (χ4n) is 1.34. The summed E-state index contributed by atoms with van der Waals surface area (Å²) in [7, 11) is 0. The molecule has 0 saturated carbocycles. The highest BCUT2D eigenvalue weighted by Gasteiger charge is 2.08. The molecule has 0 N–H and O–H groups in total. The number of rotatable bonds is 5. The summed E-state index contributed by atoms with van der Waals surface area (Å²) in [6.45, 7) is 0. The molecule has 0 fully saturated rings. The van der Waals surface area contributed by atoms with Crippen LogP contribution in [0.2, 0.25) is 10.0 Å². The van der Waals surface area contributed by atoms with Gasteiger partial charge in [-0.1, -0.05) is 35.0 Å². The Hall–Kier alpha value is -0.120. The van der Waals surface area contributed by atoms with Crippen LogP contribution in [0.5, 0.6) is 0 Å². The second-order valence-corrected chi connectivity index (χ2v) is 7.42. The van der Waals surface area contributed by atoms with Crippen molar-refractivity contribution in [2.45, 2.75) is 10.8 Å². The van der Waals surface area contributed by atoms with E-state index in [0.29, 0.717) is 10.0 Å². The van der Waals surface area contributed by atoms with Gasteiger partial charge in [-0.2, -0.15) is 5.26 Å². The molecule has 2 nitrogen and oxygen atoms in total. The zero-order valence-corrected chi connectivity index (χ0v) is 13.1. The standard InChI is InChI=1S/C11H8Cl2N2S3/c12-7-4-8(13)10-9(5-7)15-11(18-10)17-3-1-2-16-6-14/h4-5H,1-3H2. The SMILES string of the molecule is N#CSCCCSc1nc2cc(Cl)cc(Cl)c2s1. The number of hydrogen-bond donors (Lipinski definition) is 0. The quantitative estimate of drug-likeness (QED) is 0.422. The maximum Gasteiger partial charge on any atom is 0.151 e. The third-order valence-electron chi connectivity index (χ3n) is 2.07. The molecule has 0 unspecified atom stereocenters. The molecule has 0 aliphatic heterocycles. The molecule has 0 atom stereocenters.